The first-order chi connectivity index (χ1) is 10.1. The lowest BCUT2D eigenvalue weighted by Gasteiger charge is -2.17. The Hall–Kier alpha value is -1.43. The Kier molecular flexibility index (Phi) is 3.97. The molecule has 0 aliphatic rings. The number of rotatable bonds is 3. The second-order valence-electron chi connectivity index (χ2n) is 4.60. The SMILES string of the molecule is CC(Nc1c(Cl)cc(Cl)c2nsnc12)c1cccc(F)c1. The van der Waals surface area contributed by atoms with E-state index in [4.69, 9.17) is 23.2 Å². The molecule has 7 heteroatoms. The van der Waals surface area contributed by atoms with Gasteiger partial charge in [-0.2, -0.15) is 8.75 Å². The molecule has 0 amide bonds. The van der Waals surface area contributed by atoms with Crippen LogP contribution >= 0.6 is 34.9 Å². The minimum Gasteiger partial charge on any atom is -0.375 e. The molecule has 21 heavy (non-hydrogen) atoms. The standard InChI is InChI=1S/C14H10Cl2FN3S/c1-7(8-3-2-4-9(17)5-8)18-12-10(15)6-11(16)13-14(12)20-21-19-13/h2-7,18H,1H3. The largest absolute Gasteiger partial charge is 0.375 e. The van der Waals surface area contributed by atoms with E-state index >= 15 is 0 Å². The Morgan fingerprint density at radius 2 is 1.90 bits per heavy atom. The zero-order chi connectivity index (χ0) is 15.0. The maximum absolute atomic E-state index is 13.3. The zero-order valence-electron chi connectivity index (χ0n) is 10.9. The molecule has 1 unspecified atom stereocenters. The lowest BCUT2D eigenvalue weighted by molar-refractivity contribution is 0.623. The average molecular weight is 342 g/mol. The minimum absolute atomic E-state index is 0.135. The number of benzene rings is 2. The molecule has 1 heterocycles. The van der Waals surface area contributed by atoms with Crippen molar-refractivity contribution < 1.29 is 4.39 Å². The normalized spacial score (nSPS) is 12.6. The molecule has 0 bridgehead atoms. The highest BCUT2D eigenvalue weighted by atomic mass is 35.5. The van der Waals surface area contributed by atoms with Gasteiger partial charge in [-0.25, -0.2) is 4.39 Å². The predicted molar refractivity (Wildman–Crippen MR) is 85.9 cm³/mol. The summed E-state index contributed by atoms with van der Waals surface area (Å²) in [7, 11) is 0. The van der Waals surface area contributed by atoms with Crippen LogP contribution in [0.5, 0.6) is 0 Å². The number of anilines is 1. The Bertz CT molecular complexity index is 806. The van der Waals surface area contributed by atoms with Crippen LogP contribution in [0.2, 0.25) is 10.0 Å². The van der Waals surface area contributed by atoms with E-state index in [0.717, 1.165) is 17.3 Å². The van der Waals surface area contributed by atoms with Crippen molar-refractivity contribution in [2.75, 3.05) is 5.32 Å². The average Bonchev–Trinajstić information content (AvgIpc) is 2.93. The van der Waals surface area contributed by atoms with Crippen molar-refractivity contribution in [2.45, 2.75) is 13.0 Å². The fourth-order valence-corrected chi connectivity index (χ4v) is 3.25. The lowest BCUT2D eigenvalue weighted by Crippen LogP contribution is -2.08. The summed E-state index contributed by atoms with van der Waals surface area (Å²) in [5.74, 6) is -0.274. The summed E-state index contributed by atoms with van der Waals surface area (Å²) < 4.78 is 21.7. The third kappa shape index (κ3) is 2.81. The second-order valence-corrected chi connectivity index (χ2v) is 5.94. The van der Waals surface area contributed by atoms with Gasteiger partial charge in [0.15, 0.2) is 0 Å². The Balaban J connectivity index is 2.00. The number of halogens is 3. The van der Waals surface area contributed by atoms with Crippen LogP contribution < -0.4 is 5.32 Å². The summed E-state index contributed by atoms with van der Waals surface area (Å²) in [6, 6.07) is 7.91. The lowest BCUT2D eigenvalue weighted by atomic mass is 10.1. The highest BCUT2D eigenvalue weighted by Crippen LogP contribution is 2.37. The molecule has 2 aromatic carbocycles. The predicted octanol–water partition coefficient (Wildman–Crippen LogP) is 5.31. The number of hydrogen-bond acceptors (Lipinski definition) is 4. The van der Waals surface area contributed by atoms with Crippen LogP contribution in [-0.2, 0) is 0 Å². The number of aromatic nitrogens is 2. The molecule has 0 radical (unpaired) electrons. The van der Waals surface area contributed by atoms with Crippen LogP contribution in [0.25, 0.3) is 11.0 Å². The first-order valence-corrected chi connectivity index (χ1v) is 7.67. The van der Waals surface area contributed by atoms with E-state index in [0.29, 0.717) is 26.8 Å². The molecule has 1 N–H and O–H groups in total. The molecule has 0 fully saturated rings. The molecule has 3 nitrogen and oxygen atoms in total. The van der Waals surface area contributed by atoms with Crippen LogP contribution in [0.4, 0.5) is 10.1 Å². The van der Waals surface area contributed by atoms with Gasteiger partial charge in [0.05, 0.1) is 27.5 Å². The van der Waals surface area contributed by atoms with Gasteiger partial charge in [-0.05, 0) is 30.7 Å². The molecule has 0 spiro atoms. The molecule has 0 saturated carbocycles. The van der Waals surface area contributed by atoms with Crippen LogP contribution in [0.1, 0.15) is 18.5 Å². The van der Waals surface area contributed by atoms with Gasteiger partial charge in [-0.1, -0.05) is 35.3 Å². The maximum Gasteiger partial charge on any atom is 0.130 e. The summed E-state index contributed by atoms with van der Waals surface area (Å²) in [5, 5.41) is 4.18. The molecule has 3 aromatic rings. The van der Waals surface area contributed by atoms with E-state index < -0.39 is 0 Å². The fraction of sp³-hybridized carbons (Fsp3) is 0.143. The summed E-state index contributed by atoms with van der Waals surface area (Å²) >= 11 is 13.4. The first kappa shape index (κ1) is 14.5. The van der Waals surface area contributed by atoms with Crippen molar-refractivity contribution in [2.24, 2.45) is 0 Å². The van der Waals surface area contributed by atoms with Gasteiger partial charge in [0.25, 0.3) is 0 Å². The van der Waals surface area contributed by atoms with E-state index in [9.17, 15) is 4.39 Å². The molecule has 0 aliphatic heterocycles. The van der Waals surface area contributed by atoms with Gasteiger partial charge >= 0.3 is 0 Å². The zero-order valence-corrected chi connectivity index (χ0v) is 13.2. The van der Waals surface area contributed by atoms with Gasteiger partial charge in [-0.3, -0.25) is 0 Å². The first-order valence-electron chi connectivity index (χ1n) is 6.18. The highest BCUT2D eigenvalue weighted by molar-refractivity contribution is 7.00. The van der Waals surface area contributed by atoms with Crippen molar-refractivity contribution in [1.82, 2.24) is 8.75 Å². The summed E-state index contributed by atoms with van der Waals surface area (Å²) in [6.45, 7) is 1.92. The maximum atomic E-state index is 13.3. The van der Waals surface area contributed by atoms with Gasteiger partial charge in [0, 0.05) is 6.04 Å². The molecule has 0 aliphatic carbocycles. The number of hydrogen-bond donors (Lipinski definition) is 1. The van der Waals surface area contributed by atoms with Crippen LogP contribution in [0.3, 0.4) is 0 Å². The quantitative estimate of drug-likeness (QED) is 0.701. The van der Waals surface area contributed by atoms with Gasteiger partial charge in [-0.15, -0.1) is 0 Å². The number of fused-ring (bicyclic) bond motifs is 1. The van der Waals surface area contributed by atoms with E-state index in [1.165, 1.54) is 12.1 Å². The third-order valence-electron chi connectivity index (χ3n) is 3.15. The minimum atomic E-state index is -0.274. The van der Waals surface area contributed by atoms with Gasteiger partial charge in [0.1, 0.15) is 16.9 Å². The van der Waals surface area contributed by atoms with Crippen LogP contribution in [0.15, 0.2) is 30.3 Å². The summed E-state index contributed by atoms with van der Waals surface area (Å²) in [5.41, 5.74) is 2.71. The van der Waals surface area contributed by atoms with E-state index in [1.54, 1.807) is 12.1 Å². The van der Waals surface area contributed by atoms with Crippen molar-refractivity contribution in [3.63, 3.8) is 0 Å². The smallest absolute Gasteiger partial charge is 0.130 e. The monoisotopic (exact) mass is 341 g/mol. The van der Waals surface area contributed by atoms with E-state index in [-0.39, 0.29) is 11.9 Å². The fourth-order valence-electron chi connectivity index (χ4n) is 2.09. The molecule has 1 aromatic heterocycles. The van der Waals surface area contributed by atoms with Crippen LogP contribution in [-0.4, -0.2) is 8.75 Å². The van der Waals surface area contributed by atoms with E-state index in [1.807, 2.05) is 13.0 Å². The number of nitrogens with zero attached hydrogens (tertiary/aromatic N) is 2. The van der Waals surface area contributed by atoms with Crippen molar-refractivity contribution in [1.29, 1.82) is 0 Å². The molecule has 0 saturated heterocycles. The molecular weight excluding hydrogens is 332 g/mol. The van der Waals surface area contributed by atoms with Crippen molar-refractivity contribution >= 4 is 51.7 Å². The third-order valence-corrected chi connectivity index (χ3v) is 4.27. The Morgan fingerprint density at radius 1 is 1.14 bits per heavy atom. The Morgan fingerprint density at radius 3 is 2.67 bits per heavy atom. The summed E-state index contributed by atoms with van der Waals surface area (Å²) in [4.78, 5) is 0. The molecule has 108 valence electrons. The van der Waals surface area contributed by atoms with Gasteiger partial charge < -0.3 is 5.32 Å². The van der Waals surface area contributed by atoms with Crippen LogP contribution in [0, 0.1) is 5.82 Å². The van der Waals surface area contributed by atoms with E-state index in [2.05, 4.69) is 14.1 Å². The Labute approximate surface area is 135 Å². The second kappa shape index (κ2) is 5.75. The molecular formula is C14H10Cl2FN3S. The van der Waals surface area contributed by atoms with Crippen molar-refractivity contribution in [3.05, 3.63) is 51.8 Å². The summed E-state index contributed by atoms with van der Waals surface area (Å²) in [6.07, 6.45) is 0. The van der Waals surface area contributed by atoms with Gasteiger partial charge in [0.2, 0.25) is 0 Å². The number of nitrogens with one attached hydrogen (secondary N) is 1. The molecule has 3 rings (SSSR count). The highest BCUT2D eigenvalue weighted by Gasteiger charge is 2.16. The topological polar surface area (TPSA) is 37.8 Å². The van der Waals surface area contributed by atoms with Crippen molar-refractivity contribution in [3.8, 4) is 0 Å². The molecule has 1 atom stereocenters.